The minimum Gasteiger partial charge on any atom is -0.372 e. The summed E-state index contributed by atoms with van der Waals surface area (Å²) in [5.41, 5.74) is 2.29. The first-order chi connectivity index (χ1) is 12.1. The van der Waals surface area contributed by atoms with Crippen molar-refractivity contribution in [3.05, 3.63) is 29.6 Å². The molecule has 0 saturated carbocycles. The molecule has 3 saturated heterocycles. The van der Waals surface area contributed by atoms with Crippen molar-refractivity contribution < 1.29 is 9.53 Å². The summed E-state index contributed by atoms with van der Waals surface area (Å²) in [6.45, 7) is 7.62. The smallest absolute Gasteiger partial charge is 0.222 e. The van der Waals surface area contributed by atoms with E-state index in [1.165, 1.54) is 6.42 Å². The minimum atomic E-state index is 0.0617. The van der Waals surface area contributed by atoms with Crippen LogP contribution in [0.5, 0.6) is 0 Å². The Morgan fingerprint density at radius 2 is 2.20 bits per heavy atom. The molecule has 136 valence electrons. The highest BCUT2D eigenvalue weighted by atomic mass is 16.5. The van der Waals surface area contributed by atoms with Crippen LogP contribution >= 0.6 is 0 Å². The standard InChI is InChI=1S/C20H29N3O2/c1-16-5-4-6-18(21-16)12-22-14-20(15-22)9-8-17(13-25-20)11-23-10-3-2-7-19(23)24/h4-6,17H,2-3,7-15H2,1H3. The number of carbonyl (C=O) groups is 1. The highest BCUT2D eigenvalue weighted by Crippen LogP contribution is 2.37. The predicted molar refractivity (Wildman–Crippen MR) is 96.1 cm³/mol. The van der Waals surface area contributed by atoms with Crippen LogP contribution in [0.1, 0.15) is 43.5 Å². The summed E-state index contributed by atoms with van der Waals surface area (Å²) in [5.74, 6) is 0.854. The predicted octanol–water partition coefficient (Wildman–Crippen LogP) is 2.38. The van der Waals surface area contributed by atoms with Crippen molar-refractivity contribution in [2.45, 2.75) is 51.2 Å². The van der Waals surface area contributed by atoms with Gasteiger partial charge in [0.25, 0.3) is 0 Å². The topological polar surface area (TPSA) is 45.7 Å². The zero-order chi connectivity index (χ0) is 17.3. The fourth-order valence-electron chi connectivity index (χ4n) is 4.47. The van der Waals surface area contributed by atoms with E-state index in [2.05, 4.69) is 26.9 Å². The van der Waals surface area contributed by atoms with Gasteiger partial charge >= 0.3 is 0 Å². The van der Waals surface area contributed by atoms with Crippen LogP contribution in [0.3, 0.4) is 0 Å². The van der Waals surface area contributed by atoms with Gasteiger partial charge < -0.3 is 9.64 Å². The lowest BCUT2D eigenvalue weighted by atomic mass is 9.82. The second kappa shape index (κ2) is 7.04. The van der Waals surface area contributed by atoms with Crippen molar-refractivity contribution in [2.75, 3.05) is 32.8 Å². The molecule has 5 heteroatoms. The van der Waals surface area contributed by atoms with E-state index in [0.717, 1.165) is 76.4 Å². The molecule has 1 unspecified atom stereocenters. The normalized spacial score (nSPS) is 26.7. The highest BCUT2D eigenvalue weighted by molar-refractivity contribution is 5.76. The van der Waals surface area contributed by atoms with Crippen molar-refractivity contribution in [2.24, 2.45) is 5.92 Å². The van der Waals surface area contributed by atoms with Crippen LogP contribution in [-0.4, -0.2) is 59.1 Å². The van der Waals surface area contributed by atoms with Crippen molar-refractivity contribution in [3.8, 4) is 0 Å². The number of hydrogen-bond donors (Lipinski definition) is 0. The maximum atomic E-state index is 12.0. The molecule has 25 heavy (non-hydrogen) atoms. The third kappa shape index (κ3) is 3.87. The number of likely N-dealkylation sites (tertiary alicyclic amines) is 2. The van der Waals surface area contributed by atoms with Gasteiger partial charge in [0.2, 0.25) is 5.91 Å². The first kappa shape index (κ1) is 17.0. The zero-order valence-electron chi connectivity index (χ0n) is 15.2. The largest absolute Gasteiger partial charge is 0.372 e. The summed E-state index contributed by atoms with van der Waals surface area (Å²) in [6, 6.07) is 6.22. The molecule has 1 aromatic heterocycles. The molecule has 0 N–H and O–H groups in total. The van der Waals surface area contributed by atoms with Crippen LogP contribution in [0.2, 0.25) is 0 Å². The molecule has 1 spiro atoms. The van der Waals surface area contributed by atoms with Gasteiger partial charge in [0.1, 0.15) is 0 Å². The van der Waals surface area contributed by atoms with Gasteiger partial charge in [0, 0.05) is 50.8 Å². The lowest BCUT2D eigenvalue weighted by molar-refractivity contribution is -0.184. The van der Waals surface area contributed by atoms with Crippen LogP contribution in [0.25, 0.3) is 0 Å². The van der Waals surface area contributed by atoms with Gasteiger partial charge in [-0.05, 0) is 44.7 Å². The van der Waals surface area contributed by atoms with Crippen molar-refractivity contribution in [1.82, 2.24) is 14.8 Å². The molecule has 0 radical (unpaired) electrons. The summed E-state index contributed by atoms with van der Waals surface area (Å²) < 4.78 is 6.28. The number of pyridine rings is 1. The summed E-state index contributed by atoms with van der Waals surface area (Å²) in [5, 5.41) is 0. The third-order valence-corrected chi connectivity index (χ3v) is 5.89. The molecular weight excluding hydrogens is 314 g/mol. The number of hydrogen-bond acceptors (Lipinski definition) is 4. The number of aryl methyl sites for hydroxylation is 1. The van der Waals surface area contributed by atoms with Gasteiger partial charge in [0.05, 0.1) is 17.9 Å². The SMILES string of the molecule is Cc1cccc(CN2CC3(CCC(CN4CCCCC4=O)CO3)C2)n1. The first-order valence-electron chi connectivity index (χ1n) is 9.69. The van der Waals surface area contributed by atoms with Gasteiger partial charge in [-0.3, -0.25) is 14.7 Å². The lowest BCUT2D eigenvalue weighted by Crippen LogP contribution is -2.64. The number of ether oxygens (including phenoxy) is 1. The summed E-state index contributed by atoms with van der Waals surface area (Å²) in [6.07, 6.45) is 5.26. The Kier molecular flexibility index (Phi) is 4.78. The van der Waals surface area contributed by atoms with Crippen LogP contribution in [0, 0.1) is 12.8 Å². The Labute approximate surface area is 150 Å². The van der Waals surface area contributed by atoms with Crippen molar-refractivity contribution >= 4 is 5.91 Å². The number of rotatable bonds is 4. The average molecular weight is 343 g/mol. The van der Waals surface area contributed by atoms with E-state index in [4.69, 9.17) is 4.74 Å². The van der Waals surface area contributed by atoms with Gasteiger partial charge in [0.15, 0.2) is 0 Å². The second-order valence-electron chi connectivity index (χ2n) is 8.11. The monoisotopic (exact) mass is 343 g/mol. The van der Waals surface area contributed by atoms with Crippen LogP contribution in [-0.2, 0) is 16.1 Å². The molecular formula is C20H29N3O2. The molecule has 4 heterocycles. The van der Waals surface area contributed by atoms with Gasteiger partial charge in [-0.25, -0.2) is 0 Å². The third-order valence-electron chi connectivity index (χ3n) is 5.89. The van der Waals surface area contributed by atoms with Crippen LogP contribution in [0.4, 0.5) is 0 Å². The minimum absolute atomic E-state index is 0.0617. The fourth-order valence-corrected chi connectivity index (χ4v) is 4.47. The van der Waals surface area contributed by atoms with Crippen LogP contribution < -0.4 is 0 Å². The number of aromatic nitrogens is 1. The molecule has 5 nitrogen and oxygen atoms in total. The molecule has 0 aromatic carbocycles. The van der Waals surface area contributed by atoms with Crippen LogP contribution in [0.15, 0.2) is 18.2 Å². The Morgan fingerprint density at radius 1 is 1.32 bits per heavy atom. The van der Waals surface area contributed by atoms with Crippen molar-refractivity contribution in [3.63, 3.8) is 0 Å². The Bertz CT molecular complexity index is 617. The zero-order valence-corrected chi connectivity index (χ0v) is 15.2. The van der Waals surface area contributed by atoms with E-state index in [1.54, 1.807) is 0 Å². The Hall–Kier alpha value is -1.46. The summed E-state index contributed by atoms with van der Waals surface area (Å²) in [7, 11) is 0. The van der Waals surface area contributed by atoms with Crippen molar-refractivity contribution in [1.29, 1.82) is 0 Å². The molecule has 4 rings (SSSR count). The molecule has 0 bridgehead atoms. The maximum absolute atomic E-state index is 12.0. The average Bonchev–Trinajstić information content (AvgIpc) is 2.57. The lowest BCUT2D eigenvalue weighted by Gasteiger charge is -2.53. The Morgan fingerprint density at radius 3 is 2.92 bits per heavy atom. The fraction of sp³-hybridized carbons (Fsp3) is 0.700. The van der Waals surface area contributed by atoms with Gasteiger partial charge in [-0.15, -0.1) is 0 Å². The number of amides is 1. The van der Waals surface area contributed by atoms with E-state index < -0.39 is 0 Å². The van der Waals surface area contributed by atoms with E-state index in [-0.39, 0.29) is 5.60 Å². The summed E-state index contributed by atoms with van der Waals surface area (Å²) in [4.78, 5) is 21.1. The van der Waals surface area contributed by atoms with Gasteiger partial charge in [-0.2, -0.15) is 0 Å². The van der Waals surface area contributed by atoms with Gasteiger partial charge in [-0.1, -0.05) is 6.07 Å². The molecule has 1 amide bonds. The molecule has 0 aliphatic carbocycles. The van der Waals surface area contributed by atoms with E-state index in [1.807, 2.05) is 13.0 Å². The number of piperidine rings is 1. The molecule has 1 aromatic rings. The van der Waals surface area contributed by atoms with E-state index in [0.29, 0.717) is 11.8 Å². The molecule has 3 fully saturated rings. The molecule has 3 aliphatic rings. The first-order valence-corrected chi connectivity index (χ1v) is 9.69. The number of carbonyl (C=O) groups excluding carboxylic acids is 1. The number of nitrogens with zero attached hydrogens (tertiary/aromatic N) is 3. The second-order valence-corrected chi connectivity index (χ2v) is 8.11. The highest BCUT2D eigenvalue weighted by Gasteiger charge is 2.46. The molecule has 1 atom stereocenters. The Balaban J connectivity index is 1.22. The molecule has 3 aliphatic heterocycles. The quantitative estimate of drug-likeness (QED) is 0.842. The maximum Gasteiger partial charge on any atom is 0.222 e. The van der Waals surface area contributed by atoms with E-state index in [9.17, 15) is 4.79 Å². The summed E-state index contributed by atoms with van der Waals surface area (Å²) >= 11 is 0. The van der Waals surface area contributed by atoms with E-state index >= 15 is 0 Å².